The van der Waals surface area contributed by atoms with Crippen LogP contribution in [0.5, 0.6) is 0 Å². The molecule has 1 atom stereocenters. The van der Waals surface area contributed by atoms with Crippen LogP contribution in [0, 0.1) is 0 Å². The standard InChI is InChI=1S/C14H22N2O3/c1-12(17)11-15-6-8-16(9-7-15)14(18)5-4-13-3-2-10-19-13/h2-3,10,12,17H,4-9,11H2,1H3/t12-/m0/s1. The highest BCUT2D eigenvalue weighted by Gasteiger charge is 2.21. The first kappa shape index (κ1) is 14.1. The number of β-amino-alcohol motifs (C(OH)–C–C–N with tert-alkyl or cyclic N) is 1. The third-order valence-corrected chi connectivity index (χ3v) is 3.41. The first-order valence-electron chi connectivity index (χ1n) is 6.85. The molecule has 2 rings (SSSR count). The van der Waals surface area contributed by atoms with E-state index in [1.807, 2.05) is 17.0 Å². The van der Waals surface area contributed by atoms with Gasteiger partial charge in [0.25, 0.3) is 0 Å². The van der Waals surface area contributed by atoms with Gasteiger partial charge in [-0.25, -0.2) is 0 Å². The van der Waals surface area contributed by atoms with E-state index in [4.69, 9.17) is 4.42 Å². The number of aliphatic hydroxyl groups is 1. The Kier molecular flexibility index (Phi) is 4.99. The summed E-state index contributed by atoms with van der Waals surface area (Å²) in [6.45, 7) is 5.68. The molecule has 2 heterocycles. The van der Waals surface area contributed by atoms with Gasteiger partial charge in [0.2, 0.25) is 5.91 Å². The molecule has 1 amide bonds. The van der Waals surface area contributed by atoms with E-state index in [1.54, 1.807) is 13.2 Å². The SMILES string of the molecule is C[C@H](O)CN1CCN(C(=O)CCc2ccco2)CC1. The van der Waals surface area contributed by atoms with Gasteiger partial charge in [0.1, 0.15) is 5.76 Å². The van der Waals surface area contributed by atoms with Crippen LogP contribution in [0.25, 0.3) is 0 Å². The van der Waals surface area contributed by atoms with Gasteiger partial charge in [0.15, 0.2) is 0 Å². The number of aliphatic hydroxyl groups excluding tert-OH is 1. The second-order valence-corrected chi connectivity index (χ2v) is 5.11. The lowest BCUT2D eigenvalue weighted by Crippen LogP contribution is -2.50. The van der Waals surface area contributed by atoms with Crippen molar-refractivity contribution in [3.63, 3.8) is 0 Å². The van der Waals surface area contributed by atoms with Gasteiger partial charge in [0.05, 0.1) is 12.4 Å². The Morgan fingerprint density at radius 2 is 2.16 bits per heavy atom. The Labute approximate surface area is 113 Å². The summed E-state index contributed by atoms with van der Waals surface area (Å²) in [5, 5.41) is 9.34. The van der Waals surface area contributed by atoms with E-state index in [-0.39, 0.29) is 12.0 Å². The highest BCUT2D eigenvalue weighted by molar-refractivity contribution is 5.76. The average molecular weight is 266 g/mol. The van der Waals surface area contributed by atoms with E-state index in [2.05, 4.69) is 4.90 Å². The van der Waals surface area contributed by atoms with E-state index >= 15 is 0 Å². The molecule has 1 aliphatic rings. The Bertz CT molecular complexity index is 381. The number of piperazine rings is 1. The molecule has 1 aliphatic heterocycles. The number of hydrogen-bond acceptors (Lipinski definition) is 4. The molecule has 5 nitrogen and oxygen atoms in total. The van der Waals surface area contributed by atoms with E-state index in [0.29, 0.717) is 19.4 Å². The average Bonchev–Trinajstić information content (AvgIpc) is 2.89. The minimum Gasteiger partial charge on any atom is -0.469 e. The number of amides is 1. The smallest absolute Gasteiger partial charge is 0.223 e. The second kappa shape index (κ2) is 6.73. The zero-order valence-electron chi connectivity index (χ0n) is 11.4. The van der Waals surface area contributed by atoms with Crippen molar-refractivity contribution >= 4 is 5.91 Å². The lowest BCUT2D eigenvalue weighted by molar-refractivity contribution is -0.133. The van der Waals surface area contributed by atoms with Crippen molar-refractivity contribution in [3.8, 4) is 0 Å². The lowest BCUT2D eigenvalue weighted by atomic mass is 10.2. The summed E-state index contributed by atoms with van der Waals surface area (Å²) in [5.41, 5.74) is 0. The molecule has 106 valence electrons. The van der Waals surface area contributed by atoms with Crippen LogP contribution in [-0.4, -0.2) is 59.6 Å². The fraction of sp³-hybridized carbons (Fsp3) is 0.643. The van der Waals surface area contributed by atoms with Crippen molar-refractivity contribution in [2.24, 2.45) is 0 Å². The van der Waals surface area contributed by atoms with Crippen LogP contribution in [0.15, 0.2) is 22.8 Å². The molecule has 1 N–H and O–H groups in total. The fourth-order valence-corrected chi connectivity index (χ4v) is 2.40. The summed E-state index contributed by atoms with van der Waals surface area (Å²) in [6, 6.07) is 3.74. The quantitative estimate of drug-likeness (QED) is 0.854. The normalized spacial score (nSPS) is 18.5. The van der Waals surface area contributed by atoms with Crippen molar-refractivity contribution in [1.82, 2.24) is 9.80 Å². The van der Waals surface area contributed by atoms with Crippen molar-refractivity contribution in [2.75, 3.05) is 32.7 Å². The number of carbonyl (C=O) groups excluding carboxylic acids is 1. The zero-order valence-corrected chi connectivity index (χ0v) is 11.4. The van der Waals surface area contributed by atoms with Gasteiger partial charge in [-0.05, 0) is 19.1 Å². The second-order valence-electron chi connectivity index (χ2n) is 5.11. The minimum absolute atomic E-state index is 0.188. The van der Waals surface area contributed by atoms with E-state index in [0.717, 1.165) is 31.9 Å². The largest absolute Gasteiger partial charge is 0.469 e. The number of furan rings is 1. The Morgan fingerprint density at radius 1 is 1.42 bits per heavy atom. The number of nitrogens with zero attached hydrogens (tertiary/aromatic N) is 2. The lowest BCUT2D eigenvalue weighted by Gasteiger charge is -2.35. The molecule has 1 fully saturated rings. The number of rotatable bonds is 5. The van der Waals surface area contributed by atoms with Crippen molar-refractivity contribution in [1.29, 1.82) is 0 Å². The summed E-state index contributed by atoms with van der Waals surface area (Å²) in [5.74, 6) is 1.05. The predicted octanol–water partition coefficient (Wildman–Crippen LogP) is 0.737. The molecular formula is C14H22N2O3. The van der Waals surface area contributed by atoms with Crippen LogP contribution in [0.1, 0.15) is 19.1 Å². The van der Waals surface area contributed by atoms with Crippen LogP contribution in [0.4, 0.5) is 0 Å². The topological polar surface area (TPSA) is 56.9 Å². The maximum absolute atomic E-state index is 12.0. The number of carbonyl (C=O) groups is 1. The molecule has 0 bridgehead atoms. The monoisotopic (exact) mass is 266 g/mol. The minimum atomic E-state index is -0.304. The molecule has 0 saturated carbocycles. The molecular weight excluding hydrogens is 244 g/mol. The first-order valence-corrected chi connectivity index (χ1v) is 6.85. The molecule has 1 aromatic heterocycles. The maximum Gasteiger partial charge on any atom is 0.223 e. The predicted molar refractivity (Wildman–Crippen MR) is 71.7 cm³/mol. The van der Waals surface area contributed by atoms with Crippen molar-refractivity contribution < 1.29 is 14.3 Å². The van der Waals surface area contributed by atoms with Gasteiger partial charge >= 0.3 is 0 Å². The summed E-state index contributed by atoms with van der Waals surface area (Å²) in [7, 11) is 0. The number of hydrogen-bond donors (Lipinski definition) is 1. The molecule has 0 spiro atoms. The zero-order chi connectivity index (χ0) is 13.7. The molecule has 0 aromatic carbocycles. The van der Waals surface area contributed by atoms with Crippen LogP contribution in [-0.2, 0) is 11.2 Å². The van der Waals surface area contributed by atoms with Gasteiger partial charge in [-0.1, -0.05) is 0 Å². The van der Waals surface area contributed by atoms with Gasteiger partial charge in [-0.2, -0.15) is 0 Å². The van der Waals surface area contributed by atoms with E-state index < -0.39 is 0 Å². The third-order valence-electron chi connectivity index (χ3n) is 3.41. The molecule has 0 aliphatic carbocycles. The van der Waals surface area contributed by atoms with Gasteiger partial charge < -0.3 is 14.4 Å². The molecule has 0 unspecified atom stereocenters. The van der Waals surface area contributed by atoms with E-state index in [1.165, 1.54) is 0 Å². The molecule has 1 aromatic rings. The van der Waals surface area contributed by atoms with Crippen molar-refractivity contribution in [3.05, 3.63) is 24.2 Å². The maximum atomic E-state index is 12.0. The Balaban J connectivity index is 1.70. The molecule has 0 radical (unpaired) electrons. The van der Waals surface area contributed by atoms with Crippen LogP contribution in [0.2, 0.25) is 0 Å². The third kappa shape index (κ3) is 4.36. The molecule has 1 saturated heterocycles. The summed E-state index contributed by atoms with van der Waals surface area (Å²) in [6.07, 6.45) is 2.50. The molecule has 19 heavy (non-hydrogen) atoms. The Morgan fingerprint density at radius 3 is 2.74 bits per heavy atom. The number of aryl methyl sites for hydroxylation is 1. The summed E-state index contributed by atoms with van der Waals surface area (Å²) in [4.78, 5) is 16.1. The highest BCUT2D eigenvalue weighted by Crippen LogP contribution is 2.08. The summed E-state index contributed by atoms with van der Waals surface area (Å²) < 4.78 is 5.23. The van der Waals surface area contributed by atoms with Crippen LogP contribution < -0.4 is 0 Å². The van der Waals surface area contributed by atoms with Crippen molar-refractivity contribution in [2.45, 2.75) is 25.9 Å². The van der Waals surface area contributed by atoms with Gasteiger partial charge in [-0.3, -0.25) is 9.69 Å². The van der Waals surface area contributed by atoms with Crippen LogP contribution >= 0.6 is 0 Å². The van der Waals surface area contributed by atoms with Crippen LogP contribution in [0.3, 0.4) is 0 Å². The molecule has 5 heteroatoms. The summed E-state index contributed by atoms with van der Waals surface area (Å²) >= 11 is 0. The first-order chi connectivity index (χ1) is 9.15. The Hall–Kier alpha value is -1.33. The van der Waals surface area contributed by atoms with Gasteiger partial charge in [0, 0.05) is 45.6 Å². The van der Waals surface area contributed by atoms with Gasteiger partial charge in [-0.15, -0.1) is 0 Å². The fourth-order valence-electron chi connectivity index (χ4n) is 2.40. The van der Waals surface area contributed by atoms with E-state index in [9.17, 15) is 9.90 Å². The highest BCUT2D eigenvalue weighted by atomic mass is 16.3.